The first-order chi connectivity index (χ1) is 9.58. The van der Waals surface area contributed by atoms with Gasteiger partial charge in [-0.1, -0.05) is 26.0 Å². The van der Waals surface area contributed by atoms with E-state index in [0.29, 0.717) is 5.56 Å². The zero-order valence-electron chi connectivity index (χ0n) is 11.9. The number of nitro groups is 1. The van der Waals surface area contributed by atoms with Gasteiger partial charge in [0.05, 0.1) is 4.92 Å². The van der Waals surface area contributed by atoms with Crippen molar-refractivity contribution in [3.05, 3.63) is 46.0 Å². The van der Waals surface area contributed by atoms with Crippen molar-refractivity contribution >= 4 is 17.7 Å². The Hall–Kier alpha value is -2.17. The third kappa shape index (κ3) is 4.84. The van der Waals surface area contributed by atoms with Crippen molar-refractivity contribution in [3.63, 3.8) is 0 Å². The number of carbonyl (C=O) groups excluding carboxylic acids is 1. The monoisotopic (exact) mass is 276 g/mol. The smallest absolute Gasteiger partial charge is 0.270 e. The summed E-state index contributed by atoms with van der Waals surface area (Å²) >= 11 is 0. The molecule has 0 aliphatic heterocycles. The second-order valence-corrected chi connectivity index (χ2v) is 4.51. The molecular formula is C15H20N2O3. The number of nitro benzene ring substituents is 1. The molecule has 0 radical (unpaired) electrons. The van der Waals surface area contributed by atoms with E-state index in [2.05, 4.69) is 0 Å². The summed E-state index contributed by atoms with van der Waals surface area (Å²) in [6, 6.07) is 6.23. The van der Waals surface area contributed by atoms with Gasteiger partial charge < -0.3 is 4.90 Å². The van der Waals surface area contributed by atoms with Crippen LogP contribution >= 0.6 is 0 Å². The molecule has 5 nitrogen and oxygen atoms in total. The minimum atomic E-state index is -0.445. The molecule has 0 unspecified atom stereocenters. The van der Waals surface area contributed by atoms with Crippen LogP contribution in [0, 0.1) is 10.1 Å². The maximum absolute atomic E-state index is 12.0. The van der Waals surface area contributed by atoms with E-state index in [1.54, 1.807) is 23.1 Å². The van der Waals surface area contributed by atoms with E-state index in [-0.39, 0.29) is 11.6 Å². The molecule has 0 atom stereocenters. The molecule has 5 heteroatoms. The molecule has 0 aliphatic rings. The SMILES string of the molecule is CCCN(CCC)C(=O)/C=C/c1cccc([N+](=O)[O-])c1. The molecule has 0 fully saturated rings. The lowest BCUT2D eigenvalue weighted by Crippen LogP contribution is -2.30. The predicted octanol–water partition coefficient (Wildman–Crippen LogP) is 3.26. The number of rotatable bonds is 7. The number of carbonyl (C=O) groups is 1. The van der Waals surface area contributed by atoms with Crippen molar-refractivity contribution < 1.29 is 9.72 Å². The van der Waals surface area contributed by atoms with E-state index in [9.17, 15) is 14.9 Å². The van der Waals surface area contributed by atoms with Crippen LogP contribution in [0.15, 0.2) is 30.3 Å². The van der Waals surface area contributed by atoms with Crippen LogP contribution in [-0.2, 0) is 4.79 Å². The van der Waals surface area contributed by atoms with E-state index >= 15 is 0 Å². The fraction of sp³-hybridized carbons (Fsp3) is 0.400. The lowest BCUT2D eigenvalue weighted by molar-refractivity contribution is -0.384. The van der Waals surface area contributed by atoms with Crippen molar-refractivity contribution in [2.45, 2.75) is 26.7 Å². The van der Waals surface area contributed by atoms with Crippen molar-refractivity contribution in [2.24, 2.45) is 0 Å². The van der Waals surface area contributed by atoms with Gasteiger partial charge in [-0.05, 0) is 24.5 Å². The molecule has 0 spiro atoms. The van der Waals surface area contributed by atoms with Crippen LogP contribution in [0.3, 0.4) is 0 Å². The third-order valence-electron chi connectivity index (χ3n) is 2.80. The molecule has 0 bridgehead atoms. The number of non-ortho nitro benzene ring substituents is 1. The topological polar surface area (TPSA) is 63.5 Å². The molecule has 1 amide bonds. The van der Waals surface area contributed by atoms with Gasteiger partial charge in [0.15, 0.2) is 0 Å². The highest BCUT2D eigenvalue weighted by atomic mass is 16.6. The van der Waals surface area contributed by atoms with Gasteiger partial charge >= 0.3 is 0 Å². The average molecular weight is 276 g/mol. The van der Waals surface area contributed by atoms with Gasteiger partial charge in [0, 0.05) is 31.3 Å². The van der Waals surface area contributed by atoms with Crippen LogP contribution in [0.25, 0.3) is 6.08 Å². The Morgan fingerprint density at radius 1 is 1.30 bits per heavy atom. The van der Waals surface area contributed by atoms with Gasteiger partial charge in [0.25, 0.3) is 5.69 Å². The van der Waals surface area contributed by atoms with Crippen LogP contribution in [0.5, 0.6) is 0 Å². The highest BCUT2D eigenvalue weighted by molar-refractivity contribution is 5.91. The summed E-state index contributed by atoms with van der Waals surface area (Å²) < 4.78 is 0. The standard InChI is InChI=1S/C15H20N2O3/c1-3-10-16(11-4-2)15(18)9-8-13-6-5-7-14(12-13)17(19)20/h5-9,12H,3-4,10-11H2,1-2H3/b9-8+. The van der Waals surface area contributed by atoms with Crippen molar-refractivity contribution in [1.82, 2.24) is 4.90 Å². The van der Waals surface area contributed by atoms with E-state index in [4.69, 9.17) is 0 Å². The maximum Gasteiger partial charge on any atom is 0.270 e. The number of nitrogens with zero attached hydrogens (tertiary/aromatic N) is 2. The minimum absolute atomic E-state index is 0.0265. The van der Waals surface area contributed by atoms with E-state index in [1.165, 1.54) is 18.2 Å². The summed E-state index contributed by atoms with van der Waals surface area (Å²) in [5.41, 5.74) is 0.680. The summed E-state index contributed by atoms with van der Waals surface area (Å²) in [6.07, 6.45) is 4.92. The molecule has 0 N–H and O–H groups in total. The zero-order chi connectivity index (χ0) is 15.0. The molecule has 0 heterocycles. The quantitative estimate of drug-likeness (QED) is 0.436. The molecule has 108 valence electrons. The van der Waals surface area contributed by atoms with Crippen molar-refractivity contribution in [2.75, 3.05) is 13.1 Å². The van der Waals surface area contributed by atoms with E-state index in [0.717, 1.165) is 25.9 Å². The molecule has 1 aromatic carbocycles. The molecule has 0 saturated carbocycles. The Labute approximate surface area is 119 Å². The maximum atomic E-state index is 12.0. The van der Waals surface area contributed by atoms with Crippen LogP contribution < -0.4 is 0 Å². The summed E-state index contributed by atoms with van der Waals surface area (Å²) in [5, 5.41) is 10.7. The van der Waals surface area contributed by atoms with Gasteiger partial charge in [-0.25, -0.2) is 0 Å². The Morgan fingerprint density at radius 3 is 2.50 bits per heavy atom. The van der Waals surface area contributed by atoms with Crippen LogP contribution in [0.4, 0.5) is 5.69 Å². The van der Waals surface area contributed by atoms with Crippen molar-refractivity contribution in [1.29, 1.82) is 0 Å². The van der Waals surface area contributed by atoms with Crippen LogP contribution in [-0.4, -0.2) is 28.8 Å². The molecule has 0 aromatic heterocycles. The van der Waals surface area contributed by atoms with Gasteiger partial charge in [-0.3, -0.25) is 14.9 Å². The minimum Gasteiger partial charge on any atom is -0.339 e. The molecule has 1 rings (SSSR count). The first-order valence-corrected chi connectivity index (χ1v) is 6.80. The molecule has 0 aliphatic carbocycles. The fourth-order valence-electron chi connectivity index (χ4n) is 1.89. The van der Waals surface area contributed by atoms with Crippen molar-refractivity contribution in [3.8, 4) is 0 Å². The van der Waals surface area contributed by atoms with Gasteiger partial charge in [-0.15, -0.1) is 0 Å². The Morgan fingerprint density at radius 2 is 1.95 bits per heavy atom. The second-order valence-electron chi connectivity index (χ2n) is 4.51. The number of amides is 1. The first-order valence-electron chi connectivity index (χ1n) is 6.80. The number of hydrogen-bond acceptors (Lipinski definition) is 3. The molecular weight excluding hydrogens is 256 g/mol. The predicted molar refractivity (Wildman–Crippen MR) is 79.3 cm³/mol. The lowest BCUT2D eigenvalue weighted by atomic mass is 10.2. The Balaban J connectivity index is 2.77. The largest absolute Gasteiger partial charge is 0.339 e. The summed E-state index contributed by atoms with van der Waals surface area (Å²) in [6.45, 7) is 5.51. The Kier molecular flexibility index (Phi) is 6.43. The summed E-state index contributed by atoms with van der Waals surface area (Å²) in [4.78, 5) is 24.0. The van der Waals surface area contributed by atoms with Crippen LogP contribution in [0.2, 0.25) is 0 Å². The molecule has 1 aromatic rings. The Bertz CT molecular complexity index is 492. The highest BCUT2D eigenvalue weighted by Crippen LogP contribution is 2.14. The van der Waals surface area contributed by atoms with E-state index < -0.39 is 4.92 Å². The summed E-state index contributed by atoms with van der Waals surface area (Å²) in [5.74, 6) is -0.0554. The average Bonchev–Trinajstić information content (AvgIpc) is 2.45. The number of benzene rings is 1. The van der Waals surface area contributed by atoms with E-state index in [1.807, 2.05) is 13.8 Å². The molecule has 0 saturated heterocycles. The molecule has 20 heavy (non-hydrogen) atoms. The van der Waals surface area contributed by atoms with Gasteiger partial charge in [-0.2, -0.15) is 0 Å². The van der Waals surface area contributed by atoms with Crippen LogP contribution in [0.1, 0.15) is 32.3 Å². The zero-order valence-corrected chi connectivity index (χ0v) is 11.9. The highest BCUT2D eigenvalue weighted by Gasteiger charge is 2.08. The first kappa shape index (κ1) is 15.9. The van der Waals surface area contributed by atoms with Gasteiger partial charge in [0.2, 0.25) is 5.91 Å². The summed E-state index contributed by atoms with van der Waals surface area (Å²) in [7, 11) is 0. The normalized spacial score (nSPS) is 10.7. The number of hydrogen-bond donors (Lipinski definition) is 0. The lowest BCUT2D eigenvalue weighted by Gasteiger charge is -2.19. The third-order valence-corrected chi connectivity index (χ3v) is 2.80. The van der Waals surface area contributed by atoms with Gasteiger partial charge in [0.1, 0.15) is 0 Å². The fourth-order valence-corrected chi connectivity index (χ4v) is 1.89. The second kappa shape index (κ2) is 8.09.